The molecular weight excluding hydrogens is 335 g/mol. The van der Waals surface area contributed by atoms with E-state index in [1.54, 1.807) is 24.3 Å². The molecule has 0 atom stereocenters. The molecule has 23 heavy (non-hydrogen) atoms. The zero-order valence-electron chi connectivity index (χ0n) is 12.6. The van der Waals surface area contributed by atoms with Crippen molar-refractivity contribution >= 4 is 17.6 Å². The van der Waals surface area contributed by atoms with Gasteiger partial charge in [0, 0.05) is 12.1 Å². The Balaban J connectivity index is 0.00000264. The van der Waals surface area contributed by atoms with Crippen LogP contribution in [0.3, 0.4) is 0 Å². The molecule has 0 aliphatic heterocycles. The van der Waals surface area contributed by atoms with E-state index >= 15 is 0 Å². The van der Waals surface area contributed by atoms with E-state index in [4.69, 9.17) is 21.1 Å². The summed E-state index contributed by atoms with van der Waals surface area (Å²) in [6.45, 7) is 0.353. The molecule has 116 valence electrons. The first-order valence-corrected chi connectivity index (χ1v) is 6.63. The maximum Gasteiger partial charge on any atom is 1.00 e. The molecule has 9 heteroatoms. The maximum atomic E-state index is 12.0. The molecule has 0 bridgehead atoms. The predicted molar refractivity (Wildman–Crippen MR) is 76.5 cm³/mol. The summed E-state index contributed by atoms with van der Waals surface area (Å²) >= 11 is 5.80. The summed E-state index contributed by atoms with van der Waals surface area (Å²) in [6, 6.07) is 6.47. The molecule has 0 saturated heterocycles. The second-order valence-corrected chi connectivity index (χ2v) is 4.66. The quantitative estimate of drug-likeness (QED) is 0.417. The Kier molecular flexibility index (Phi) is 7.74. The molecule has 0 spiro atoms. The second-order valence-electron chi connectivity index (χ2n) is 4.22. The number of carbonyl (C=O) groups excluding carboxylic acids is 1. The molecule has 2 rings (SSSR count). The summed E-state index contributed by atoms with van der Waals surface area (Å²) in [7, 11) is 1.48. The number of aromatic nitrogens is 2. The van der Waals surface area contributed by atoms with Crippen LogP contribution in [0, 0.1) is 0 Å². The van der Waals surface area contributed by atoms with E-state index in [9.17, 15) is 14.7 Å². The van der Waals surface area contributed by atoms with Crippen LogP contribution in [0.4, 0.5) is 0 Å². The fraction of sp³-hybridized carbons (Fsp3) is 0.214. The van der Waals surface area contributed by atoms with Gasteiger partial charge in [0.05, 0.1) is 24.5 Å². The van der Waals surface area contributed by atoms with Gasteiger partial charge in [0.25, 0.3) is 5.43 Å². The molecule has 2 aromatic rings. The number of benzene rings is 1. The van der Waals surface area contributed by atoms with Crippen LogP contribution >= 0.6 is 11.6 Å². The topological polar surface area (TPSA) is 93.5 Å². The van der Waals surface area contributed by atoms with E-state index in [-0.39, 0.29) is 48.5 Å². The average Bonchev–Trinajstić information content (AvgIpc) is 2.49. The Hall–Kier alpha value is -1.38. The number of hydrogen-bond acceptors (Lipinski definition) is 6. The van der Waals surface area contributed by atoms with Gasteiger partial charge in [-0.05, 0) is 24.3 Å². The van der Waals surface area contributed by atoms with Crippen molar-refractivity contribution in [3.63, 3.8) is 0 Å². The normalized spacial score (nSPS) is 10.0. The number of halogens is 1. The fourth-order valence-corrected chi connectivity index (χ4v) is 1.79. The number of carboxylic acids is 1. The van der Waals surface area contributed by atoms with Gasteiger partial charge in [0.1, 0.15) is 6.61 Å². The van der Waals surface area contributed by atoms with Gasteiger partial charge in [-0.1, -0.05) is 11.6 Å². The van der Waals surface area contributed by atoms with Gasteiger partial charge >= 0.3 is 29.6 Å². The molecule has 7 nitrogen and oxygen atoms in total. The maximum absolute atomic E-state index is 12.0. The van der Waals surface area contributed by atoms with E-state index in [1.807, 2.05) is 0 Å². The summed E-state index contributed by atoms with van der Waals surface area (Å²) in [5.41, 5.74) is -1.06. The van der Waals surface area contributed by atoms with Crippen molar-refractivity contribution in [1.29, 1.82) is 0 Å². The van der Waals surface area contributed by atoms with Crippen LogP contribution in [0.1, 0.15) is 10.5 Å². The zero-order chi connectivity index (χ0) is 16.1. The number of aromatic carboxylic acids is 1. The summed E-state index contributed by atoms with van der Waals surface area (Å²) in [6.07, 6.45) is 1.30. The molecule has 1 aromatic heterocycles. The predicted octanol–water partition coefficient (Wildman–Crippen LogP) is -2.72. The van der Waals surface area contributed by atoms with Gasteiger partial charge in [-0.15, -0.1) is 0 Å². The Bertz CT molecular complexity index is 733. The molecule has 0 unspecified atom stereocenters. The molecule has 0 radical (unpaired) electrons. The van der Waals surface area contributed by atoms with Crippen LogP contribution < -0.4 is 44.8 Å². The van der Waals surface area contributed by atoms with E-state index in [0.717, 1.165) is 0 Å². The van der Waals surface area contributed by atoms with E-state index in [2.05, 4.69) is 5.10 Å². The summed E-state index contributed by atoms with van der Waals surface area (Å²) in [5, 5.41) is 15.3. The van der Waals surface area contributed by atoms with Crippen LogP contribution in [-0.2, 0) is 4.74 Å². The molecule has 0 fully saturated rings. The molecule has 0 amide bonds. The van der Waals surface area contributed by atoms with Crippen molar-refractivity contribution in [3.8, 4) is 11.4 Å². The molecule has 0 N–H and O–H groups in total. The van der Waals surface area contributed by atoms with Crippen molar-refractivity contribution < 1.29 is 48.9 Å². The number of carboxylic acid groups (broad SMARTS) is 1. The van der Waals surface area contributed by atoms with E-state index < -0.39 is 17.1 Å². The minimum absolute atomic E-state index is 0. The van der Waals surface area contributed by atoms with Crippen molar-refractivity contribution in [2.45, 2.75) is 0 Å². The van der Waals surface area contributed by atoms with Crippen LogP contribution in [0.15, 0.2) is 35.3 Å². The van der Waals surface area contributed by atoms with E-state index in [0.29, 0.717) is 10.7 Å². The summed E-state index contributed by atoms with van der Waals surface area (Å²) in [4.78, 5) is 23.0. The Labute approximate surface area is 159 Å². The van der Waals surface area contributed by atoms with Gasteiger partial charge in [0.2, 0.25) is 0 Å². The largest absolute Gasteiger partial charge is 1.00 e. The Morgan fingerprint density at radius 1 is 1.30 bits per heavy atom. The fourth-order valence-electron chi connectivity index (χ4n) is 1.67. The molecule has 0 saturated carbocycles. The Morgan fingerprint density at radius 2 is 1.96 bits per heavy atom. The van der Waals surface area contributed by atoms with Gasteiger partial charge in [-0.3, -0.25) is 4.79 Å². The number of carbonyl (C=O) groups is 1. The number of hydrogen-bond donors (Lipinski definition) is 0. The first-order chi connectivity index (χ1) is 10.5. The van der Waals surface area contributed by atoms with Crippen molar-refractivity contribution in [2.24, 2.45) is 0 Å². The van der Waals surface area contributed by atoms with Crippen LogP contribution in [0.2, 0.25) is 5.02 Å². The molecular formula is C14H12ClN2NaO5. The molecule has 0 aliphatic rings. The number of ether oxygens (including phenoxy) is 2. The molecule has 1 heterocycles. The van der Waals surface area contributed by atoms with Crippen molar-refractivity contribution in [3.05, 3.63) is 51.4 Å². The number of nitrogens with zero attached hydrogens (tertiary/aromatic N) is 2. The van der Waals surface area contributed by atoms with Crippen LogP contribution in [0.25, 0.3) is 5.69 Å². The third-order valence-electron chi connectivity index (χ3n) is 2.72. The minimum atomic E-state index is -1.68. The molecule has 0 aliphatic carbocycles. The smallest absolute Gasteiger partial charge is 0.543 e. The third kappa shape index (κ3) is 5.05. The van der Waals surface area contributed by atoms with Gasteiger partial charge in [-0.2, -0.15) is 5.10 Å². The number of rotatable bonds is 6. The zero-order valence-corrected chi connectivity index (χ0v) is 15.4. The van der Waals surface area contributed by atoms with E-state index in [1.165, 1.54) is 18.0 Å². The van der Waals surface area contributed by atoms with Gasteiger partial charge < -0.3 is 19.4 Å². The first kappa shape index (κ1) is 19.7. The summed E-state index contributed by atoms with van der Waals surface area (Å²) in [5.74, 6) is -1.83. The monoisotopic (exact) mass is 346 g/mol. The van der Waals surface area contributed by atoms with Crippen molar-refractivity contribution in [1.82, 2.24) is 9.78 Å². The summed E-state index contributed by atoms with van der Waals surface area (Å²) < 4.78 is 11.3. The third-order valence-corrected chi connectivity index (χ3v) is 2.97. The Morgan fingerprint density at radius 3 is 2.52 bits per heavy atom. The first-order valence-electron chi connectivity index (χ1n) is 6.26. The minimum Gasteiger partial charge on any atom is -0.543 e. The van der Waals surface area contributed by atoms with Gasteiger partial charge in [-0.25, -0.2) is 4.68 Å². The van der Waals surface area contributed by atoms with Crippen LogP contribution in [-0.4, -0.2) is 36.1 Å². The number of methoxy groups -OCH3 is 1. The second kappa shape index (κ2) is 9.05. The average molecular weight is 347 g/mol. The SMILES string of the molecule is COCCOc1cn(-c2ccc(Cl)cc2)nc(C(=O)[O-])c1=O.[Na+]. The van der Waals surface area contributed by atoms with Crippen LogP contribution in [0.5, 0.6) is 5.75 Å². The molecule has 1 aromatic carbocycles. The standard InChI is InChI=1S/C14H13ClN2O5.Na/c1-21-6-7-22-11-8-17(10-4-2-9(15)3-5-10)16-12(13(11)18)14(19)20;/h2-5,8H,6-7H2,1H3,(H,19,20);/q;+1/p-1. The van der Waals surface area contributed by atoms with Crippen molar-refractivity contribution in [2.75, 3.05) is 20.3 Å². The van der Waals surface area contributed by atoms with Gasteiger partial charge in [0.15, 0.2) is 11.4 Å².